The summed E-state index contributed by atoms with van der Waals surface area (Å²) < 4.78 is 9.97. The lowest BCUT2D eigenvalue weighted by Gasteiger charge is -2.20. The Morgan fingerprint density at radius 3 is 2.71 bits per heavy atom. The van der Waals surface area contributed by atoms with Gasteiger partial charge in [-0.1, -0.05) is 5.21 Å². The number of hydrogen-bond acceptors (Lipinski definition) is 5. The van der Waals surface area contributed by atoms with E-state index in [1.807, 2.05) is 23.3 Å². The smallest absolute Gasteiger partial charge is 0.0901 e. The molecule has 0 bridgehead atoms. The topological polar surface area (TPSA) is 69.8 Å². The number of nitrogens with zero attached hydrogens (tertiary/aromatic N) is 5. The van der Waals surface area contributed by atoms with E-state index in [-0.39, 0.29) is 6.10 Å². The van der Waals surface area contributed by atoms with E-state index in [4.69, 9.17) is 4.74 Å². The maximum Gasteiger partial charge on any atom is 0.0901 e. The lowest BCUT2D eigenvalue weighted by Crippen LogP contribution is -2.26. The Bertz CT molecular complexity index is 704. The summed E-state index contributed by atoms with van der Waals surface area (Å²) in [6.07, 6.45) is 1.22. The average molecular weight is 332 g/mol. The number of aryl methyl sites for hydroxylation is 4. The third-order valence-corrected chi connectivity index (χ3v) is 5.09. The van der Waals surface area contributed by atoms with Crippen LogP contribution in [0, 0.1) is 26.7 Å². The summed E-state index contributed by atoms with van der Waals surface area (Å²) in [4.78, 5) is 0. The highest BCUT2D eigenvalue weighted by Crippen LogP contribution is 2.37. The van der Waals surface area contributed by atoms with Crippen LogP contribution in [0.2, 0.25) is 0 Å². The van der Waals surface area contributed by atoms with Gasteiger partial charge in [-0.15, -0.1) is 5.10 Å². The van der Waals surface area contributed by atoms with Gasteiger partial charge in [0.2, 0.25) is 0 Å². The molecule has 0 saturated carbocycles. The lowest BCUT2D eigenvalue weighted by molar-refractivity contribution is 0.0893. The quantitative estimate of drug-likeness (QED) is 0.874. The van der Waals surface area contributed by atoms with Crippen molar-refractivity contribution >= 4 is 0 Å². The van der Waals surface area contributed by atoms with E-state index in [0.717, 1.165) is 44.0 Å². The van der Waals surface area contributed by atoms with Crippen molar-refractivity contribution in [2.45, 2.75) is 53.3 Å². The Hall–Kier alpha value is -1.73. The number of rotatable bonds is 6. The lowest BCUT2D eigenvalue weighted by atomic mass is 9.94. The summed E-state index contributed by atoms with van der Waals surface area (Å²) >= 11 is 0. The minimum absolute atomic E-state index is 0.140. The molecule has 0 aliphatic carbocycles. The first-order valence-electron chi connectivity index (χ1n) is 8.74. The molecule has 0 amide bonds. The Morgan fingerprint density at radius 1 is 1.25 bits per heavy atom. The number of ether oxygens (including phenoxy) is 1. The number of nitrogens with one attached hydrogen (secondary N) is 1. The van der Waals surface area contributed by atoms with E-state index in [9.17, 15) is 0 Å². The van der Waals surface area contributed by atoms with Crippen LogP contribution in [0.5, 0.6) is 0 Å². The summed E-state index contributed by atoms with van der Waals surface area (Å²) in [5.74, 6) is 0.470. The number of hydrogen-bond donors (Lipinski definition) is 1. The first kappa shape index (κ1) is 17.1. The summed E-state index contributed by atoms with van der Waals surface area (Å²) in [6.45, 7) is 11.7. The zero-order chi connectivity index (χ0) is 17.3. The van der Waals surface area contributed by atoms with E-state index in [0.29, 0.717) is 5.92 Å². The molecule has 0 aromatic carbocycles. The summed E-state index contributed by atoms with van der Waals surface area (Å²) in [6, 6.07) is 0. The van der Waals surface area contributed by atoms with E-state index >= 15 is 0 Å². The Morgan fingerprint density at radius 2 is 2.04 bits per heavy atom. The first-order valence-corrected chi connectivity index (χ1v) is 8.74. The van der Waals surface area contributed by atoms with Crippen molar-refractivity contribution < 1.29 is 4.74 Å². The van der Waals surface area contributed by atoms with Gasteiger partial charge in [-0.25, -0.2) is 4.68 Å². The molecule has 1 saturated heterocycles. The fourth-order valence-corrected chi connectivity index (χ4v) is 3.63. The fraction of sp³-hybridized carbons (Fsp3) is 0.706. The van der Waals surface area contributed by atoms with Gasteiger partial charge in [0.15, 0.2) is 0 Å². The summed E-state index contributed by atoms with van der Waals surface area (Å²) in [7, 11) is 2.00. The van der Waals surface area contributed by atoms with Gasteiger partial charge in [0, 0.05) is 50.5 Å². The highest BCUT2D eigenvalue weighted by Gasteiger charge is 2.33. The molecule has 0 radical (unpaired) electrons. The third kappa shape index (κ3) is 3.10. The Kier molecular flexibility index (Phi) is 5.01. The minimum atomic E-state index is 0.140. The van der Waals surface area contributed by atoms with E-state index < -0.39 is 0 Å². The van der Waals surface area contributed by atoms with E-state index in [1.54, 1.807) is 0 Å². The minimum Gasteiger partial charge on any atom is -0.373 e. The van der Waals surface area contributed by atoms with Crippen LogP contribution in [0.3, 0.4) is 0 Å². The summed E-state index contributed by atoms with van der Waals surface area (Å²) in [5, 5.41) is 16.5. The second-order valence-corrected chi connectivity index (χ2v) is 6.62. The molecule has 132 valence electrons. The van der Waals surface area contributed by atoms with Crippen molar-refractivity contribution in [2.75, 3.05) is 13.2 Å². The zero-order valence-corrected chi connectivity index (χ0v) is 15.3. The summed E-state index contributed by atoms with van der Waals surface area (Å²) in [5.41, 5.74) is 5.71. The van der Waals surface area contributed by atoms with Gasteiger partial charge < -0.3 is 10.1 Å². The monoisotopic (exact) mass is 332 g/mol. The second-order valence-electron chi connectivity index (χ2n) is 6.62. The molecule has 0 spiro atoms. The molecule has 1 aliphatic rings. The second kappa shape index (κ2) is 7.03. The fourth-order valence-electron chi connectivity index (χ4n) is 3.63. The standard InChI is InChI=1S/C17H28N6O/c1-6-23-15(11(2)19-21-23)10-18-9-14-7-8-24-17(14)16-12(3)20-22(5)13(16)4/h14,17-18H,6-10H2,1-5H3/t14-,17+/m1/s1. The average Bonchev–Trinajstić information content (AvgIpc) is 3.21. The van der Waals surface area contributed by atoms with Crippen LogP contribution >= 0.6 is 0 Å². The number of aromatic nitrogens is 5. The molecule has 24 heavy (non-hydrogen) atoms. The maximum absolute atomic E-state index is 6.06. The molecule has 1 N–H and O–H groups in total. The van der Waals surface area contributed by atoms with Gasteiger partial charge >= 0.3 is 0 Å². The molecule has 0 unspecified atom stereocenters. The molecular weight excluding hydrogens is 304 g/mol. The molecule has 1 fully saturated rings. The first-order chi connectivity index (χ1) is 11.5. The van der Waals surface area contributed by atoms with Crippen molar-refractivity contribution in [3.63, 3.8) is 0 Å². The van der Waals surface area contributed by atoms with Crippen LogP contribution < -0.4 is 5.32 Å². The molecule has 2 atom stereocenters. The van der Waals surface area contributed by atoms with Crippen LogP contribution in [-0.2, 0) is 24.9 Å². The van der Waals surface area contributed by atoms with Crippen LogP contribution in [0.15, 0.2) is 0 Å². The van der Waals surface area contributed by atoms with Crippen LogP contribution in [-0.4, -0.2) is 37.9 Å². The van der Waals surface area contributed by atoms with Crippen molar-refractivity contribution in [2.24, 2.45) is 13.0 Å². The predicted molar refractivity (Wildman–Crippen MR) is 91.6 cm³/mol. The molecular formula is C17H28N6O. The maximum atomic E-state index is 6.06. The molecule has 1 aliphatic heterocycles. The predicted octanol–water partition coefficient (Wildman–Crippen LogP) is 1.82. The Labute approximate surface area is 143 Å². The van der Waals surface area contributed by atoms with Crippen molar-refractivity contribution in [3.8, 4) is 0 Å². The van der Waals surface area contributed by atoms with E-state index in [2.05, 4.69) is 41.5 Å². The zero-order valence-electron chi connectivity index (χ0n) is 15.3. The van der Waals surface area contributed by atoms with Gasteiger partial charge in [-0.05, 0) is 34.1 Å². The molecule has 3 heterocycles. The van der Waals surface area contributed by atoms with Gasteiger partial charge in [0.05, 0.1) is 23.2 Å². The highest BCUT2D eigenvalue weighted by molar-refractivity contribution is 5.28. The van der Waals surface area contributed by atoms with Crippen molar-refractivity contribution in [1.29, 1.82) is 0 Å². The molecule has 2 aromatic rings. The Balaban J connectivity index is 1.65. The molecule has 3 rings (SSSR count). The molecule has 7 nitrogen and oxygen atoms in total. The van der Waals surface area contributed by atoms with E-state index in [1.165, 1.54) is 17.0 Å². The van der Waals surface area contributed by atoms with Crippen LogP contribution in [0.1, 0.15) is 47.8 Å². The van der Waals surface area contributed by atoms with Crippen LogP contribution in [0.25, 0.3) is 0 Å². The van der Waals surface area contributed by atoms with Gasteiger partial charge in [-0.2, -0.15) is 5.10 Å². The molecule has 7 heteroatoms. The normalized spacial score (nSPS) is 20.9. The van der Waals surface area contributed by atoms with Gasteiger partial charge in [0.1, 0.15) is 0 Å². The van der Waals surface area contributed by atoms with Gasteiger partial charge in [0.25, 0.3) is 0 Å². The van der Waals surface area contributed by atoms with Crippen molar-refractivity contribution in [3.05, 3.63) is 28.3 Å². The third-order valence-electron chi connectivity index (χ3n) is 5.09. The van der Waals surface area contributed by atoms with Crippen molar-refractivity contribution in [1.82, 2.24) is 30.1 Å². The SMILES string of the molecule is CCn1nnc(C)c1CNC[C@H]1CCO[C@@H]1c1c(C)nn(C)c1C. The van der Waals surface area contributed by atoms with Gasteiger partial charge in [-0.3, -0.25) is 4.68 Å². The van der Waals surface area contributed by atoms with Crippen LogP contribution in [0.4, 0.5) is 0 Å². The molecule has 2 aromatic heterocycles. The highest BCUT2D eigenvalue weighted by atomic mass is 16.5. The largest absolute Gasteiger partial charge is 0.373 e.